The van der Waals surface area contributed by atoms with E-state index in [0.29, 0.717) is 11.8 Å². The predicted molar refractivity (Wildman–Crippen MR) is 71.9 cm³/mol. The van der Waals surface area contributed by atoms with E-state index in [2.05, 4.69) is 0 Å². The van der Waals surface area contributed by atoms with Crippen LogP contribution in [0.5, 0.6) is 0 Å². The van der Waals surface area contributed by atoms with Crippen LogP contribution in [-0.2, 0) is 0 Å². The second kappa shape index (κ2) is 5.46. The Morgan fingerprint density at radius 2 is 0.944 bits per heavy atom. The van der Waals surface area contributed by atoms with Gasteiger partial charge in [-0.3, -0.25) is 0 Å². The van der Waals surface area contributed by atoms with Crippen molar-refractivity contribution in [2.75, 3.05) is 0 Å². The van der Waals surface area contributed by atoms with Gasteiger partial charge in [0, 0.05) is 0 Å². The summed E-state index contributed by atoms with van der Waals surface area (Å²) < 4.78 is 28.4. The molecule has 106 valence electrons. The van der Waals surface area contributed by atoms with E-state index in [1.54, 1.807) is 0 Å². The van der Waals surface area contributed by atoms with Crippen LogP contribution in [0.3, 0.4) is 0 Å². The van der Waals surface area contributed by atoms with Gasteiger partial charge in [0.25, 0.3) is 0 Å². The summed E-state index contributed by atoms with van der Waals surface area (Å²) in [5.74, 6) is 1.41. The lowest BCUT2D eigenvalue weighted by molar-refractivity contribution is -0.0218. The molecule has 8 atom stereocenters. The molecule has 2 aliphatic carbocycles. The van der Waals surface area contributed by atoms with E-state index in [1.807, 2.05) is 27.7 Å². The summed E-state index contributed by atoms with van der Waals surface area (Å²) in [6, 6.07) is 0. The van der Waals surface area contributed by atoms with Crippen molar-refractivity contribution in [2.45, 2.75) is 65.7 Å². The lowest BCUT2D eigenvalue weighted by atomic mass is 9.61. The summed E-state index contributed by atoms with van der Waals surface area (Å²) in [4.78, 5) is 0. The van der Waals surface area contributed by atoms with Crippen LogP contribution < -0.4 is 0 Å². The van der Waals surface area contributed by atoms with Crippen molar-refractivity contribution in [3.63, 3.8) is 0 Å². The lowest BCUT2D eigenvalue weighted by Crippen LogP contribution is -2.43. The number of halogens is 2. The van der Waals surface area contributed by atoms with E-state index in [-0.39, 0.29) is 23.7 Å². The molecule has 0 saturated heterocycles. The van der Waals surface area contributed by atoms with Crippen molar-refractivity contribution < 1.29 is 8.78 Å². The van der Waals surface area contributed by atoms with Crippen LogP contribution in [0.2, 0.25) is 0 Å². The second-order valence-electron chi connectivity index (χ2n) is 7.04. The third-order valence-corrected chi connectivity index (χ3v) is 5.90. The number of rotatable bonds is 1. The van der Waals surface area contributed by atoms with Crippen LogP contribution in [0, 0.1) is 35.5 Å². The van der Waals surface area contributed by atoms with Crippen LogP contribution in [0.15, 0.2) is 0 Å². The molecule has 0 N–H and O–H groups in total. The van der Waals surface area contributed by atoms with E-state index >= 15 is 0 Å². The largest absolute Gasteiger partial charge is 0.247 e. The molecule has 2 heteroatoms. The second-order valence-corrected chi connectivity index (χ2v) is 7.04. The fourth-order valence-electron chi connectivity index (χ4n) is 4.47. The highest BCUT2D eigenvalue weighted by Crippen LogP contribution is 2.48. The topological polar surface area (TPSA) is 0 Å². The molecule has 2 aliphatic rings. The Kier molecular flexibility index (Phi) is 4.33. The molecule has 2 rings (SSSR count). The molecule has 2 saturated carbocycles. The Morgan fingerprint density at radius 1 is 0.611 bits per heavy atom. The maximum atomic E-state index is 14.2. The van der Waals surface area contributed by atoms with Gasteiger partial charge in [-0.25, -0.2) is 8.78 Å². The average Bonchev–Trinajstić information content (AvgIpc) is 2.35. The van der Waals surface area contributed by atoms with E-state index < -0.39 is 12.3 Å². The Bertz CT molecular complexity index is 250. The third-order valence-electron chi connectivity index (χ3n) is 5.90. The molecular weight excluding hydrogens is 230 g/mol. The minimum Gasteiger partial charge on any atom is -0.247 e. The fourth-order valence-corrected chi connectivity index (χ4v) is 4.47. The molecule has 0 spiro atoms. The van der Waals surface area contributed by atoms with Gasteiger partial charge >= 0.3 is 0 Å². The third kappa shape index (κ3) is 2.44. The smallest absolute Gasteiger partial charge is 0.105 e. The standard InChI is InChI=1S/C16H28F2/c1-9-5-7-13(11(3)15(9)17)14-8-6-10(2)16(18)12(14)4/h9-16H,5-8H2,1-4H3. The van der Waals surface area contributed by atoms with Crippen molar-refractivity contribution in [1.29, 1.82) is 0 Å². The first kappa shape index (κ1) is 14.3. The quantitative estimate of drug-likeness (QED) is 0.619. The van der Waals surface area contributed by atoms with Crippen LogP contribution in [0.1, 0.15) is 53.4 Å². The van der Waals surface area contributed by atoms with Crippen molar-refractivity contribution in [2.24, 2.45) is 35.5 Å². The first-order valence-corrected chi connectivity index (χ1v) is 7.71. The molecule has 0 aromatic carbocycles. The van der Waals surface area contributed by atoms with Gasteiger partial charge in [0.05, 0.1) is 0 Å². The molecule has 8 unspecified atom stereocenters. The monoisotopic (exact) mass is 258 g/mol. The van der Waals surface area contributed by atoms with E-state index in [4.69, 9.17) is 0 Å². The predicted octanol–water partition coefficient (Wildman–Crippen LogP) is 5.03. The van der Waals surface area contributed by atoms with Crippen molar-refractivity contribution in [3.8, 4) is 0 Å². The van der Waals surface area contributed by atoms with Gasteiger partial charge in [-0.1, -0.05) is 27.7 Å². The summed E-state index contributed by atoms with van der Waals surface area (Å²) >= 11 is 0. The van der Waals surface area contributed by atoms with Gasteiger partial charge < -0.3 is 0 Å². The Hall–Kier alpha value is -0.140. The highest BCUT2D eigenvalue weighted by molar-refractivity contribution is 4.93. The molecule has 0 heterocycles. The van der Waals surface area contributed by atoms with Crippen molar-refractivity contribution >= 4 is 0 Å². The van der Waals surface area contributed by atoms with E-state index in [9.17, 15) is 8.78 Å². The average molecular weight is 258 g/mol. The Morgan fingerprint density at radius 3 is 1.28 bits per heavy atom. The van der Waals surface area contributed by atoms with E-state index in [1.165, 1.54) is 0 Å². The van der Waals surface area contributed by atoms with E-state index in [0.717, 1.165) is 25.7 Å². The lowest BCUT2D eigenvalue weighted by Gasteiger charge is -2.46. The summed E-state index contributed by atoms with van der Waals surface area (Å²) in [5, 5.41) is 0. The highest BCUT2D eigenvalue weighted by Gasteiger charge is 2.44. The molecule has 0 amide bonds. The SMILES string of the molecule is CC1CCC(C2CCC(C)C(F)C2C)C(C)C1F. The van der Waals surface area contributed by atoms with Gasteiger partial charge in [0.2, 0.25) is 0 Å². The molecule has 0 aromatic rings. The van der Waals surface area contributed by atoms with Gasteiger partial charge in [0.1, 0.15) is 12.3 Å². The molecule has 0 nitrogen and oxygen atoms in total. The van der Waals surface area contributed by atoms with Crippen LogP contribution in [-0.4, -0.2) is 12.3 Å². The molecular formula is C16H28F2. The molecule has 2 fully saturated rings. The van der Waals surface area contributed by atoms with Crippen LogP contribution >= 0.6 is 0 Å². The normalized spacial score (nSPS) is 54.3. The fraction of sp³-hybridized carbons (Fsp3) is 1.00. The molecule has 0 aliphatic heterocycles. The van der Waals surface area contributed by atoms with Crippen LogP contribution in [0.4, 0.5) is 8.78 Å². The van der Waals surface area contributed by atoms with Gasteiger partial charge in [-0.05, 0) is 61.2 Å². The zero-order valence-corrected chi connectivity index (χ0v) is 12.2. The molecule has 0 radical (unpaired) electrons. The number of hydrogen-bond donors (Lipinski definition) is 0. The van der Waals surface area contributed by atoms with Gasteiger partial charge in [-0.2, -0.15) is 0 Å². The molecule has 18 heavy (non-hydrogen) atoms. The van der Waals surface area contributed by atoms with Crippen molar-refractivity contribution in [3.05, 3.63) is 0 Å². The molecule has 0 bridgehead atoms. The maximum Gasteiger partial charge on any atom is 0.105 e. The Balaban J connectivity index is 2.07. The minimum atomic E-state index is -0.687. The summed E-state index contributed by atoms with van der Waals surface area (Å²) in [6.07, 6.45) is 2.77. The summed E-state index contributed by atoms with van der Waals surface area (Å²) in [7, 11) is 0. The molecule has 0 aromatic heterocycles. The first-order chi connectivity index (χ1) is 8.43. The maximum absolute atomic E-state index is 14.2. The summed E-state index contributed by atoms with van der Waals surface area (Å²) in [6.45, 7) is 8.12. The first-order valence-electron chi connectivity index (χ1n) is 7.71. The van der Waals surface area contributed by atoms with Gasteiger partial charge in [0.15, 0.2) is 0 Å². The minimum absolute atomic E-state index is 0.113. The van der Waals surface area contributed by atoms with Gasteiger partial charge in [-0.15, -0.1) is 0 Å². The van der Waals surface area contributed by atoms with Crippen LogP contribution in [0.25, 0.3) is 0 Å². The zero-order chi connectivity index (χ0) is 13.4. The Labute approximate surface area is 111 Å². The highest BCUT2D eigenvalue weighted by atomic mass is 19.1. The number of alkyl halides is 2. The number of hydrogen-bond acceptors (Lipinski definition) is 0. The summed E-state index contributed by atoms with van der Waals surface area (Å²) in [5.41, 5.74) is 0. The zero-order valence-electron chi connectivity index (χ0n) is 12.2. The van der Waals surface area contributed by atoms with Crippen molar-refractivity contribution in [1.82, 2.24) is 0 Å².